The maximum absolute atomic E-state index is 9.70. The van der Waals surface area contributed by atoms with Gasteiger partial charge in [0.05, 0.1) is 6.07 Å². The molecule has 1 fully saturated rings. The second-order valence-corrected chi connectivity index (χ2v) is 7.72. The van der Waals surface area contributed by atoms with Crippen molar-refractivity contribution in [3.05, 3.63) is 29.8 Å². The first kappa shape index (κ1) is 16.4. The van der Waals surface area contributed by atoms with Gasteiger partial charge >= 0.3 is 0 Å². The van der Waals surface area contributed by atoms with Crippen LogP contribution in [0.2, 0.25) is 0 Å². The van der Waals surface area contributed by atoms with Gasteiger partial charge in [-0.25, -0.2) is 0 Å². The van der Waals surface area contributed by atoms with Crippen LogP contribution in [-0.2, 0) is 0 Å². The van der Waals surface area contributed by atoms with E-state index in [1.54, 1.807) is 11.8 Å². The monoisotopic (exact) mass is 302 g/mol. The SMILES string of the molecule is CC(C)NC(C#N)(CSc1ccc(C(C)C)cc1)C1CC1. The molecule has 1 aliphatic carbocycles. The summed E-state index contributed by atoms with van der Waals surface area (Å²) in [5.41, 5.74) is 1.00. The molecule has 0 heterocycles. The Bertz CT molecular complexity index is 497. The molecular formula is C18H26N2S. The lowest BCUT2D eigenvalue weighted by Gasteiger charge is -2.30. The van der Waals surface area contributed by atoms with Crippen LogP contribution in [0.15, 0.2) is 29.2 Å². The van der Waals surface area contributed by atoms with E-state index in [4.69, 9.17) is 0 Å². The third-order valence-electron chi connectivity index (χ3n) is 4.03. The van der Waals surface area contributed by atoms with Crippen molar-refractivity contribution in [1.82, 2.24) is 5.32 Å². The smallest absolute Gasteiger partial charge is 0.119 e. The van der Waals surface area contributed by atoms with Crippen molar-refractivity contribution in [2.75, 3.05) is 5.75 Å². The predicted octanol–water partition coefficient (Wildman–Crippen LogP) is 4.57. The quantitative estimate of drug-likeness (QED) is 0.749. The number of hydrogen-bond donors (Lipinski definition) is 1. The number of nitrogens with one attached hydrogen (secondary N) is 1. The molecular weight excluding hydrogens is 276 g/mol. The number of nitriles is 1. The van der Waals surface area contributed by atoms with E-state index in [9.17, 15) is 5.26 Å². The largest absolute Gasteiger partial charge is 0.296 e. The minimum absolute atomic E-state index is 0.342. The molecule has 1 aromatic carbocycles. The third-order valence-corrected chi connectivity index (χ3v) is 5.24. The molecule has 2 nitrogen and oxygen atoms in total. The molecule has 1 unspecified atom stereocenters. The van der Waals surface area contributed by atoms with Crippen molar-refractivity contribution in [3.63, 3.8) is 0 Å². The van der Waals surface area contributed by atoms with E-state index in [2.05, 4.69) is 63.3 Å². The van der Waals surface area contributed by atoms with Gasteiger partial charge in [0.1, 0.15) is 5.54 Å². The Labute approximate surface area is 133 Å². The van der Waals surface area contributed by atoms with Gasteiger partial charge in [0.25, 0.3) is 0 Å². The van der Waals surface area contributed by atoms with Crippen molar-refractivity contribution in [2.45, 2.75) is 62.9 Å². The lowest BCUT2D eigenvalue weighted by atomic mass is 9.96. The van der Waals surface area contributed by atoms with E-state index in [0.717, 1.165) is 5.75 Å². The summed E-state index contributed by atoms with van der Waals surface area (Å²) in [4.78, 5) is 1.25. The first-order chi connectivity index (χ1) is 9.97. The summed E-state index contributed by atoms with van der Waals surface area (Å²) >= 11 is 1.80. The van der Waals surface area contributed by atoms with Crippen LogP contribution in [0.3, 0.4) is 0 Å². The Hall–Kier alpha value is -0.980. The van der Waals surface area contributed by atoms with Crippen molar-refractivity contribution < 1.29 is 0 Å². The number of benzene rings is 1. The Morgan fingerprint density at radius 2 is 1.86 bits per heavy atom. The lowest BCUT2D eigenvalue weighted by Crippen LogP contribution is -2.51. The number of hydrogen-bond acceptors (Lipinski definition) is 3. The van der Waals surface area contributed by atoms with Crippen LogP contribution >= 0.6 is 11.8 Å². The zero-order chi connectivity index (χ0) is 15.5. The van der Waals surface area contributed by atoms with Crippen LogP contribution < -0.4 is 5.32 Å². The summed E-state index contributed by atoms with van der Waals surface area (Å²) < 4.78 is 0. The highest BCUT2D eigenvalue weighted by atomic mass is 32.2. The van der Waals surface area contributed by atoms with Gasteiger partial charge in [-0.05, 0) is 56.2 Å². The molecule has 1 aromatic rings. The molecule has 1 N–H and O–H groups in total. The molecule has 0 amide bonds. The molecule has 3 heteroatoms. The molecule has 0 radical (unpaired) electrons. The summed E-state index contributed by atoms with van der Waals surface area (Å²) in [5, 5.41) is 13.2. The van der Waals surface area contributed by atoms with Gasteiger partial charge in [-0.1, -0.05) is 26.0 Å². The summed E-state index contributed by atoms with van der Waals surface area (Å²) in [7, 11) is 0. The zero-order valence-electron chi connectivity index (χ0n) is 13.5. The van der Waals surface area contributed by atoms with Crippen LogP contribution in [0, 0.1) is 17.2 Å². The van der Waals surface area contributed by atoms with Gasteiger partial charge in [-0.15, -0.1) is 11.8 Å². The average molecular weight is 302 g/mol. The molecule has 1 saturated carbocycles. The van der Waals surface area contributed by atoms with Gasteiger partial charge in [0.2, 0.25) is 0 Å². The van der Waals surface area contributed by atoms with E-state index in [0.29, 0.717) is 17.9 Å². The van der Waals surface area contributed by atoms with Crippen LogP contribution in [0.25, 0.3) is 0 Å². The van der Waals surface area contributed by atoms with Gasteiger partial charge < -0.3 is 0 Å². The molecule has 2 rings (SSSR count). The van der Waals surface area contributed by atoms with E-state index in [1.807, 2.05) is 0 Å². The fraction of sp³-hybridized carbons (Fsp3) is 0.611. The van der Waals surface area contributed by atoms with Crippen molar-refractivity contribution >= 4 is 11.8 Å². The Kier molecular flexibility index (Phi) is 5.35. The van der Waals surface area contributed by atoms with E-state index < -0.39 is 0 Å². The molecule has 0 aromatic heterocycles. The highest BCUT2D eigenvalue weighted by Crippen LogP contribution is 2.42. The van der Waals surface area contributed by atoms with Crippen LogP contribution in [0.4, 0.5) is 0 Å². The first-order valence-electron chi connectivity index (χ1n) is 7.88. The minimum Gasteiger partial charge on any atom is -0.296 e. The zero-order valence-corrected chi connectivity index (χ0v) is 14.3. The molecule has 21 heavy (non-hydrogen) atoms. The molecule has 1 atom stereocenters. The van der Waals surface area contributed by atoms with Crippen molar-refractivity contribution in [3.8, 4) is 6.07 Å². The van der Waals surface area contributed by atoms with E-state index in [-0.39, 0.29) is 5.54 Å². The van der Waals surface area contributed by atoms with Gasteiger partial charge in [0.15, 0.2) is 0 Å². The standard InChI is InChI=1S/C18H26N2S/c1-13(2)15-5-9-17(10-6-15)21-12-18(11-19,16-7-8-16)20-14(3)4/h5-6,9-10,13-14,16,20H,7-8,12H2,1-4H3. The Morgan fingerprint density at radius 3 is 2.29 bits per heavy atom. The second kappa shape index (κ2) is 6.85. The number of nitrogens with zero attached hydrogens (tertiary/aromatic N) is 1. The number of thioether (sulfide) groups is 1. The number of rotatable bonds is 7. The van der Waals surface area contributed by atoms with Crippen LogP contribution in [0.5, 0.6) is 0 Å². The topological polar surface area (TPSA) is 35.8 Å². The first-order valence-corrected chi connectivity index (χ1v) is 8.87. The van der Waals surface area contributed by atoms with Crippen LogP contribution in [-0.4, -0.2) is 17.3 Å². The average Bonchev–Trinajstić information content (AvgIpc) is 3.28. The third kappa shape index (κ3) is 4.25. The lowest BCUT2D eigenvalue weighted by molar-refractivity contribution is 0.370. The van der Waals surface area contributed by atoms with E-state index >= 15 is 0 Å². The molecule has 0 aliphatic heterocycles. The fourth-order valence-corrected chi connectivity index (χ4v) is 3.78. The summed E-state index contributed by atoms with van der Waals surface area (Å²) in [6.07, 6.45) is 2.36. The molecule has 1 aliphatic rings. The van der Waals surface area contributed by atoms with Gasteiger partial charge in [-0.3, -0.25) is 5.32 Å². The molecule has 0 spiro atoms. The second-order valence-electron chi connectivity index (χ2n) is 6.67. The minimum atomic E-state index is -0.366. The Balaban J connectivity index is 2.03. The van der Waals surface area contributed by atoms with Gasteiger partial charge in [0, 0.05) is 16.7 Å². The van der Waals surface area contributed by atoms with Crippen molar-refractivity contribution in [1.29, 1.82) is 5.26 Å². The molecule has 114 valence electrons. The maximum Gasteiger partial charge on any atom is 0.119 e. The maximum atomic E-state index is 9.70. The van der Waals surface area contributed by atoms with Crippen LogP contribution in [0.1, 0.15) is 52.0 Å². The highest BCUT2D eigenvalue weighted by molar-refractivity contribution is 7.99. The van der Waals surface area contributed by atoms with E-state index in [1.165, 1.54) is 23.3 Å². The Morgan fingerprint density at radius 1 is 1.24 bits per heavy atom. The van der Waals surface area contributed by atoms with Gasteiger partial charge in [-0.2, -0.15) is 5.26 Å². The molecule has 0 bridgehead atoms. The summed E-state index contributed by atoms with van der Waals surface area (Å²) in [5.74, 6) is 1.91. The highest BCUT2D eigenvalue weighted by Gasteiger charge is 2.45. The van der Waals surface area contributed by atoms with Crippen molar-refractivity contribution in [2.24, 2.45) is 5.92 Å². The predicted molar refractivity (Wildman–Crippen MR) is 90.6 cm³/mol. The summed E-state index contributed by atoms with van der Waals surface area (Å²) in [6.45, 7) is 8.66. The fourth-order valence-electron chi connectivity index (χ4n) is 2.67. The molecule has 0 saturated heterocycles. The summed E-state index contributed by atoms with van der Waals surface area (Å²) in [6, 6.07) is 11.7. The normalized spacial score (nSPS) is 17.8.